The molecule has 1 heterocycles. The number of anilines is 1. The topological polar surface area (TPSA) is 24.9 Å². The summed E-state index contributed by atoms with van der Waals surface area (Å²) in [6.07, 6.45) is 3.84. The van der Waals surface area contributed by atoms with E-state index >= 15 is 0 Å². The lowest BCUT2D eigenvalue weighted by Crippen LogP contribution is -2.05. The summed E-state index contributed by atoms with van der Waals surface area (Å²) in [6.45, 7) is 5.91. The van der Waals surface area contributed by atoms with Crippen LogP contribution in [-0.2, 0) is 0 Å². The van der Waals surface area contributed by atoms with Crippen LogP contribution in [0.5, 0.6) is 0 Å². The fraction of sp³-hybridized carbons (Fsp3) is 0.214. The molecule has 0 aliphatic carbocycles. The highest BCUT2D eigenvalue weighted by atomic mass is 32.2. The quantitative estimate of drug-likeness (QED) is 0.617. The van der Waals surface area contributed by atoms with Crippen LogP contribution in [0.15, 0.2) is 53.5 Å². The molecule has 0 aliphatic rings. The maximum absolute atomic E-state index is 4.12. The van der Waals surface area contributed by atoms with Gasteiger partial charge in [-0.3, -0.25) is 4.98 Å². The molecule has 0 fully saturated rings. The number of benzene rings is 1. The van der Waals surface area contributed by atoms with E-state index in [1.165, 1.54) is 15.5 Å². The third-order valence-corrected chi connectivity index (χ3v) is 4.52. The van der Waals surface area contributed by atoms with Gasteiger partial charge in [0, 0.05) is 27.4 Å². The molecule has 0 saturated heterocycles. The lowest BCUT2D eigenvalue weighted by atomic mass is 10.2. The van der Waals surface area contributed by atoms with E-state index in [2.05, 4.69) is 48.1 Å². The van der Waals surface area contributed by atoms with Crippen molar-refractivity contribution in [3.8, 4) is 0 Å². The van der Waals surface area contributed by atoms with Gasteiger partial charge in [0.05, 0.1) is 11.6 Å². The van der Waals surface area contributed by atoms with Crippen molar-refractivity contribution in [3.63, 3.8) is 0 Å². The number of thiazole rings is 1. The zero-order valence-electron chi connectivity index (χ0n) is 10.3. The summed E-state index contributed by atoms with van der Waals surface area (Å²) < 4.78 is 0. The first-order valence-electron chi connectivity index (χ1n) is 5.79. The van der Waals surface area contributed by atoms with Gasteiger partial charge in [-0.2, -0.15) is 0 Å². The molecule has 0 aliphatic heterocycles. The van der Waals surface area contributed by atoms with Crippen molar-refractivity contribution in [2.75, 3.05) is 11.1 Å². The Morgan fingerprint density at radius 2 is 2.33 bits per heavy atom. The van der Waals surface area contributed by atoms with Gasteiger partial charge in [0.2, 0.25) is 0 Å². The minimum atomic E-state index is 0.281. The van der Waals surface area contributed by atoms with E-state index in [9.17, 15) is 0 Å². The number of hydrogen-bond acceptors (Lipinski definition) is 4. The van der Waals surface area contributed by atoms with Crippen molar-refractivity contribution in [1.82, 2.24) is 4.98 Å². The molecule has 2 rings (SSSR count). The van der Waals surface area contributed by atoms with E-state index in [0.29, 0.717) is 0 Å². The highest BCUT2D eigenvalue weighted by molar-refractivity contribution is 7.99. The predicted octanol–water partition coefficient (Wildman–Crippen LogP) is 4.59. The van der Waals surface area contributed by atoms with Crippen LogP contribution in [0.3, 0.4) is 0 Å². The monoisotopic (exact) mass is 276 g/mol. The first-order chi connectivity index (χ1) is 8.81. The number of nitrogens with one attached hydrogen (secondary N) is 1. The van der Waals surface area contributed by atoms with Crippen molar-refractivity contribution in [3.05, 3.63) is 53.5 Å². The van der Waals surface area contributed by atoms with Crippen LogP contribution in [0, 0.1) is 0 Å². The van der Waals surface area contributed by atoms with Gasteiger partial charge in [-0.25, -0.2) is 0 Å². The molecule has 4 heteroatoms. The Balaban J connectivity index is 2.10. The van der Waals surface area contributed by atoms with Gasteiger partial charge >= 0.3 is 0 Å². The second-order valence-corrected chi connectivity index (χ2v) is 5.85. The molecular weight excluding hydrogens is 260 g/mol. The van der Waals surface area contributed by atoms with Crippen molar-refractivity contribution in [1.29, 1.82) is 0 Å². The van der Waals surface area contributed by atoms with Crippen LogP contribution in [0.1, 0.15) is 17.8 Å². The summed E-state index contributed by atoms with van der Waals surface area (Å²) in [5.74, 6) is 0.924. The lowest BCUT2D eigenvalue weighted by molar-refractivity contribution is 0.898. The number of rotatable bonds is 6. The Labute approximate surface area is 116 Å². The molecule has 0 saturated carbocycles. The first kappa shape index (κ1) is 13.2. The summed E-state index contributed by atoms with van der Waals surface area (Å²) in [5, 5.41) is 3.54. The zero-order chi connectivity index (χ0) is 12.8. The Morgan fingerprint density at radius 3 is 3.06 bits per heavy atom. The van der Waals surface area contributed by atoms with E-state index in [0.717, 1.165) is 5.75 Å². The van der Waals surface area contributed by atoms with Crippen LogP contribution < -0.4 is 5.32 Å². The third-order valence-electron chi connectivity index (χ3n) is 2.49. The predicted molar refractivity (Wildman–Crippen MR) is 81.5 cm³/mol. The Kier molecular flexibility index (Phi) is 4.84. The number of hydrogen-bond donors (Lipinski definition) is 1. The zero-order valence-corrected chi connectivity index (χ0v) is 11.9. The highest BCUT2D eigenvalue weighted by Crippen LogP contribution is 2.30. The molecule has 1 N–H and O–H groups in total. The van der Waals surface area contributed by atoms with E-state index in [-0.39, 0.29) is 6.04 Å². The molecule has 1 unspecified atom stereocenters. The summed E-state index contributed by atoms with van der Waals surface area (Å²) in [5.41, 5.74) is 3.04. The molecule has 2 nitrogen and oxygen atoms in total. The molecule has 1 aromatic carbocycles. The minimum Gasteiger partial charge on any atom is -0.377 e. The molecule has 18 heavy (non-hydrogen) atoms. The van der Waals surface area contributed by atoms with E-state index in [4.69, 9.17) is 0 Å². The molecule has 1 aromatic heterocycles. The van der Waals surface area contributed by atoms with Crippen LogP contribution in [0.25, 0.3) is 0 Å². The average Bonchev–Trinajstić information content (AvgIpc) is 2.91. The SMILES string of the molecule is C=CCSc1ccccc1NC(C)c1cncs1. The Hall–Kier alpha value is -1.26. The summed E-state index contributed by atoms with van der Waals surface area (Å²) >= 11 is 3.47. The Bertz CT molecular complexity index is 494. The minimum absolute atomic E-state index is 0.281. The average molecular weight is 276 g/mol. The van der Waals surface area contributed by atoms with Crippen LogP contribution >= 0.6 is 23.1 Å². The third kappa shape index (κ3) is 3.37. The second-order valence-electron chi connectivity index (χ2n) is 3.87. The van der Waals surface area contributed by atoms with Gasteiger partial charge in [0.25, 0.3) is 0 Å². The molecular formula is C14H16N2S2. The fourth-order valence-corrected chi connectivity index (χ4v) is 2.99. The van der Waals surface area contributed by atoms with Crippen LogP contribution in [0.2, 0.25) is 0 Å². The molecule has 0 spiro atoms. The first-order valence-corrected chi connectivity index (χ1v) is 7.65. The standard InChI is InChI=1S/C14H16N2S2/c1-3-8-17-13-7-5-4-6-12(13)16-11(2)14-9-15-10-18-14/h3-7,9-11,16H,1,8H2,2H3. The number of nitrogens with zero attached hydrogens (tertiary/aromatic N) is 1. The molecule has 1 atom stereocenters. The Morgan fingerprint density at radius 1 is 1.50 bits per heavy atom. The number of para-hydroxylation sites is 1. The van der Waals surface area contributed by atoms with Crippen molar-refractivity contribution >= 4 is 28.8 Å². The smallest absolute Gasteiger partial charge is 0.0795 e. The second kappa shape index (κ2) is 6.61. The largest absolute Gasteiger partial charge is 0.377 e. The van der Waals surface area contributed by atoms with Crippen molar-refractivity contribution < 1.29 is 0 Å². The van der Waals surface area contributed by atoms with Gasteiger partial charge in [-0.05, 0) is 19.1 Å². The normalized spacial score (nSPS) is 12.1. The number of aromatic nitrogens is 1. The molecule has 0 radical (unpaired) electrons. The maximum Gasteiger partial charge on any atom is 0.0795 e. The van der Waals surface area contributed by atoms with Gasteiger partial charge in [-0.15, -0.1) is 29.7 Å². The van der Waals surface area contributed by atoms with E-state index < -0.39 is 0 Å². The molecule has 0 bridgehead atoms. The van der Waals surface area contributed by atoms with Crippen molar-refractivity contribution in [2.24, 2.45) is 0 Å². The van der Waals surface area contributed by atoms with E-state index in [1.807, 2.05) is 17.8 Å². The molecule has 94 valence electrons. The van der Waals surface area contributed by atoms with Gasteiger partial charge in [0.15, 0.2) is 0 Å². The van der Waals surface area contributed by atoms with Gasteiger partial charge in [-0.1, -0.05) is 18.2 Å². The highest BCUT2D eigenvalue weighted by Gasteiger charge is 2.09. The molecule has 2 aromatic rings. The maximum atomic E-state index is 4.12. The lowest BCUT2D eigenvalue weighted by Gasteiger charge is -2.16. The summed E-state index contributed by atoms with van der Waals surface area (Å²) in [6, 6.07) is 8.65. The fourth-order valence-electron chi connectivity index (χ4n) is 1.60. The van der Waals surface area contributed by atoms with Crippen LogP contribution in [0.4, 0.5) is 5.69 Å². The number of thioether (sulfide) groups is 1. The van der Waals surface area contributed by atoms with Crippen LogP contribution in [-0.4, -0.2) is 10.7 Å². The van der Waals surface area contributed by atoms with Crippen molar-refractivity contribution in [2.45, 2.75) is 17.9 Å². The van der Waals surface area contributed by atoms with Gasteiger partial charge in [0.1, 0.15) is 0 Å². The van der Waals surface area contributed by atoms with E-state index in [1.54, 1.807) is 23.1 Å². The summed E-state index contributed by atoms with van der Waals surface area (Å²) in [7, 11) is 0. The molecule has 0 amide bonds. The summed E-state index contributed by atoms with van der Waals surface area (Å²) in [4.78, 5) is 6.62. The van der Waals surface area contributed by atoms with Gasteiger partial charge < -0.3 is 5.32 Å².